The van der Waals surface area contributed by atoms with Crippen molar-refractivity contribution >= 4 is 47.4 Å². The molecule has 0 radical (unpaired) electrons. The van der Waals surface area contributed by atoms with Gasteiger partial charge in [0.15, 0.2) is 0 Å². The summed E-state index contributed by atoms with van der Waals surface area (Å²) in [5.41, 5.74) is 2.59. The summed E-state index contributed by atoms with van der Waals surface area (Å²) in [6.45, 7) is 3.23. The van der Waals surface area contributed by atoms with Crippen LogP contribution in [0.3, 0.4) is 0 Å². The standard InChI is InChI=1S/C23H21NO3.ClH/c25-23(15-24-10-12-26-13-11-24)27-18-6-9-20-17(14-18)5-8-21-19-3-1-2-16(19)4-7-22(20)21;/h1-8,14H,9-13,15H2;1H. The summed E-state index contributed by atoms with van der Waals surface area (Å²) < 4.78 is 10.9. The molecule has 1 aliphatic heterocycles. The van der Waals surface area contributed by atoms with E-state index in [-0.39, 0.29) is 18.4 Å². The van der Waals surface area contributed by atoms with Gasteiger partial charge in [-0.2, -0.15) is 0 Å². The third kappa shape index (κ3) is 3.51. The van der Waals surface area contributed by atoms with Gasteiger partial charge in [-0.3, -0.25) is 9.69 Å². The molecule has 0 bridgehead atoms. The van der Waals surface area contributed by atoms with Crippen molar-refractivity contribution in [2.24, 2.45) is 0 Å². The molecule has 0 unspecified atom stereocenters. The van der Waals surface area contributed by atoms with E-state index in [0.717, 1.165) is 24.7 Å². The summed E-state index contributed by atoms with van der Waals surface area (Å²) in [5.74, 6) is 0.441. The zero-order chi connectivity index (χ0) is 18.2. The summed E-state index contributed by atoms with van der Waals surface area (Å²) >= 11 is 0. The molecular weight excluding hydrogens is 374 g/mol. The monoisotopic (exact) mass is 395 g/mol. The molecule has 1 saturated heterocycles. The zero-order valence-corrected chi connectivity index (χ0v) is 16.3. The lowest BCUT2D eigenvalue weighted by atomic mass is 9.94. The number of carbonyl (C=O) groups excluding carboxylic acids is 1. The van der Waals surface area contributed by atoms with E-state index in [2.05, 4.69) is 47.4 Å². The Hall–Kier alpha value is -2.40. The fraction of sp³-hybridized carbons (Fsp3) is 0.261. The predicted octanol–water partition coefficient (Wildman–Crippen LogP) is 2.16. The molecule has 28 heavy (non-hydrogen) atoms. The third-order valence-electron chi connectivity index (χ3n) is 5.46. The number of hydrogen-bond donors (Lipinski definition) is 0. The molecule has 0 amide bonds. The zero-order valence-electron chi connectivity index (χ0n) is 15.5. The van der Waals surface area contributed by atoms with Gasteiger partial charge < -0.3 is 9.47 Å². The van der Waals surface area contributed by atoms with Crippen molar-refractivity contribution < 1.29 is 14.3 Å². The van der Waals surface area contributed by atoms with E-state index in [4.69, 9.17) is 9.47 Å². The van der Waals surface area contributed by atoms with Gasteiger partial charge in [0.2, 0.25) is 0 Å². The molecule has 1 heterocycles. The fourth-order valence-corrected chi connectivity index (χ4v) is 4.06. The maximum atomic E-state index is 12.3. The van der Waals surface area contributed by atoms with Crippen LogP contribution in [0.15, 0.2) is 42.2 Å². The molecule has 5 rings (SSSR count). The van der Waals surface area contributed by atoms with Gasteiger partial charge in [-0.15, -0.1) is 12.4 Å². The number of fused-ring (bicyclic) bond motifs is 5. The average molecular weight is 396 g/mol. The maximum Gasteiger partial charge on any atom is 0.325 e. The van der Waals surface area contributed by atoms with E-state index in [1.54, 1.807) is 0 Å². The molecule has 2 aromatic rings. The first-order valence-corrected chi connectivity index (χ1v) is 9.44. The normalized spacial score (nSPS) is 17.6. The average Bonchev–Trinajstić information content (AvgIpc) is 3.17. The molecule has 144 valence electrons. The minimum absolute atomic E-state index is 0. The number of hydrogen-bond acceptors (Lipinski definition) is 4. The van der Waals surface area contributed by atoms with Crippen molar-refractivity contribution in [2.45, 2.75) is 6.42 Å². The highest BCUT2D eigenvalue weighted by Crippen LogP contribution is 2.23. The van der Waals surface area contributed by atoms with E-state index < -0.39 is 0 Å². The quantitative estimate of drug-likeness (QED) is 0.747. The van der Waals surface area contributed by atoms with Crippen molar-refractivity contribution in [3.8, 4) is 0 Å². The first kappa shape index (κ1) is 18.9. The van der Waals surface area contributed by atoms with Crippen molar-refractivity contribution in [3.05, 3.63) is 63.7 Å². The number of morpholine rings is 1. The highest BCUT2D eigenvalue weighted by Gasteiger charge is 2.17. The molecule has 2 aromatic carbocycles. The summed E-state index contributed by atoms with van der Waals surface area (Å²) in [6, 6.07) is 8.69. The molecule has 5 heteroatoms. The Bertz CT molecular complexity index is 1110. The maximum absolute atomic E-state index is 12.3. The lowest BCUT2D eigenvalue weighted by Gasteiger charge is -2.25. The molecule has 0 atom stereocenters. The molecule has 3 aliphatic rings. The van der Waals surface area contributed by atoms with E-state index in [1.165, 1.54) is 27.1 Å². The number of ether oxygens (including phenoxy) is 2. The van der Waals surface area contributed by atoms with Crippen LogP contribution in [0.5, 0.6) is 0 Å². The Labute approximate surface area is 169 Å². The first-order chi connectivity index (χ1) is 13.3. The lowest BCUT2D eigenvalue weighted by Crippen LogP contribution is -2.40. The second-order valence-corrected chi connectivity index (χ2v) is 7.14. The van der Waals surface area contributed by atoms with Crippen molar-refractivity contribution in [2.75, 3.05) is 32.8 Å². The van der Waals surface area contributed by atoms with Crippen LogP contribution in [0, 0.1) is 0 Å². The Morgan fingerprint density at radius 3 is 2.71 bits per heavy atom. The number of allylic oxidation sites excluding steroid dienone is 3. The minimum Gasteiger partial charge on any atom is -0.426 e. The van der Waals surface area contributed by atoms with Gasteiger partial charge >= 0.3 is 5.97 Å². The second-order valence-electron chi connectivity index (χ2n) is 7.14. The lowest BCUT2D eigenvalue weighted by molar-refractivity contribution is -0.141. The van der Waals surface area contributed by atoms with Crippen LogP contribution in [0.1, 0.15) is 11.1 Å². The van der Waals surface area contributed by atoms with E-state index in [0.29, 0.717) is 25.5 Å². The van der Waals surface area contributed by atoms with Gasteiger partial charge in [0.25, 0.3) is 0 Å². The third-order valence-corrected chi connectivity index (χ3v) is 5.46. The summed E-state index contributed by atoms with van der Waals surface area (Å²) in [4.78, 5) is 14.3. The van der Waals surface area contributed by atoms with Crippen LogP contribution in [0.4, 0.5) is 0 Å². The van der Waals surface area contributed by atoms with Crippen LogP contribution < -0.4 is 10.4 Å². The van der Waals surface area contributed by atoms with Crippen molar-refractivity contribution in [1.82, 2.24) is 4.90 Å². The number of benzene rings is 2. The molecule has 0 aromatic heterocycles. The Morgan fingerprint density at radius 2 is 1.86 bits per heavy atom. The molecule has 2 aliphatic carbocycles. The van der Waals surface area contributed by atoms with Crippen LogP contribution in [-0.4, -0.2) is 43.7 Å². The summed E-state index contributed by atoms with van der Waals surface area (Å²) in [5, 5.41) is 4.96. The van der Waals surface area contributed by atoms with Gasteiger partial charge in [-0.25, -0.2) is 0 Å². The van der Waals surface area contributed by atoms with Crippen LogP contribution >= 0.6 is 12.4 Å². The van der Waals surface area contributed by atoms with E-state index in [1.807, 2.05) is 12.2 Å². The van der Waals surface area contributed by atoms with Crippen LogP contribution in [-0.2, 0) is 20.7 Å². The Morgan fingerprint density at radius 1 is 1.07 bits per heavy atom. The SMILES string of the molecule is Cl.O=C(CN1CCOCC1)OC1=CCc2c(ccc3c4c(ccc23)=CC=C4)=C1. The fourth-order valence-electron chi connectivity index (χ4n) is 4.06. The minimum atomic E-state index is -0.206. The van der Waals surface area contributed by atoms with E-state index in [9.17, 15) is 4.79 Å². The van der Waals surface area contributed by atoms with Crippen LogP contribution in [0.2, 0.25) is 0 Å². The number of rotatable bonds is 3. The number of esters is 1. The number of halogens is 1. The molecule has 0 N–H and O–H groups in total. The van der Waals surface area contributed by atoms with Gasteiger partial charge in [-0.1, -0.05) is 42.5 Å². The van der Waals surface area contributed by atoms with Crippen molar-refractivity contribution in [3.63, 3.8) is 0 Å². The second kappa shape index (κ2) is 7.92. The highest BCUT2D eigenvalue weighted by atomic mass is 35.5. The van der Waals surface area contributed by atoms with Gasteiger partial charge in [0.05, 0.1) is 19.8 Å². The number of carbonyl (C=O) groups is 1. The molecule has 0 saturated carbocycles. The van der Waals surface area contributed by atoms with Crippen molar-refractivity contribution in [1.29, 1.82) is 0 Å². The smallest absolute Gasteiger partial charge is 0.325 e. The largest absolute Gasteiger partial charge is 0.426 e. The molecule has 0 spiro atoms. The Balaban J connectivity index is 0.00000192. The Kier molecular flexibility index (Phi) is 5.36. The molecule has 4 nitrogen and oxygen atoms in total. The highest BCUT2D eigenvalue weighted by molar-refractivity contribution is 5.96. The van der Waals surface area contributed by atoms with Gasteiger partial charge in [0.1, 0.15) is 5.76 Å². The van der Waals surface area contributed by atoms with Crippen LogP contribution in [0.25, 0.3) is 29.0 Å². The van der Waals surface area contributed by atoms with Gasteiger partial charge in [-0.05, 0) is 50.9 Å². The topological polar surface area (TPSA) is 38.8 Å². The molecular formula is C23H22ClNO3. The summed E-state index contributed by atoms with van der Waals surface area (Å²) in [7, 11) is 0. The molecule has 1 fully saturated rings. The number of nitrogens with zero attached hydrogens (tertiary/aromatic N) is 1. The predicted molar refractivity (Wildman–Crippen MR) is 114 cm³/mol. The van der Waals surface area contributed by atoms with Gasteiger partial charge in [0, 0.05) is 13.1 Å². The van der Waals surface area contributed by atoms with E-state index >= 15 is 0 Å². The summed E-state index contributed by atoms with van der Waals surface area (Å²) in [6.07, 6.45) is 11.2. The first-order valence-electron chi connectivity index (χ1n) is 9.44.